The van der Waals surface area contributed by atoms with Gasteiger partial charge in [-0.2, -0.15) is 13.2 Å². The fourth-order valence-corrected chi connectivity index (χ4v) is 4.24. The molecule has 1 aliphatic rings. The molecule has 0 aliphatic carbocycles. The van der Waals surface area contributed by atoms with Crippen LogP contribution in [0, 0.1) is 0 Å². The number of carbonyl (C=O) groups excluding carboxylic acids is 2. The number of thiocarbonyl (C=S) groups is 1. The molecule has 3 rings (SSSR count). The molecule has 0 radical (unpaired) electrons. The molecule has 2 aromatic carbocycles. The Labute approximate surface area is 188 Å². The van der Waals surface area contributed by atoms with E-state index in [4.69, 9.17) is 12.2 Å². The van der Waals surface area contributed by atoms with Crippen molar-refractivity contribution in [3.8, 4) is 0 Å². The second-order valence-corrected chi connectivity index (χ2v) is 8.82. The molecule has 4 nitrogen and oxygen atoms in total. The second kappa shape index (κ2) is 9.32. The summed E-state index contributed by atoms with van der Waals surface area (Å²) in [4.78, 5) is 26.5. The van der Waals surface area contributed by atoms with Crippen LogP contribution < -0.4 is 5.32 Å². The summed E-state index contributed by atoms with van der Waals surface area (Å²) in [6.07, 6.45) is -3.07. The fourth-order valence-electron chi connectivity index (χ4n) is 2.67. The molecule has 1 heterocycles. The molecule has 1 N–H and O–H groups in total. The van der Waals surface area contributed by atoms with Crippen molar-refractivity contribution in [3.05, 3.63) is 69.0 Å². The molecule has 0 bridgehead atoms. The molecule has 0 saturated carbocycles. The highest BCUT2D eigenvalue weighted by atomic mass is 79.9. The third kappa shape index (κ3) is 5.50. The first kappa shape index (κ1) is 22.5. The van der Waals surface area contributed by atoms with Gasteiger partial charge in [-0.3, -0.25) is 14.5 Å². The third-order valence-corrected chi connectivity index (χ3v) is 6.02. The molecule has 1 fully saturated rings. The van der Waals surface area contributed by atoms with Crippen LogP contribution in [0.15, 0.2) is 57.9 Å². The maximum absolute atomic E-state index is 13.0. The van der Waals surface area contributed by atoms with Crippen molar-refractivity contribution in [2.45, 2.75) is 12.6 Å². The molecule has 0 aromatic heterocycles. The summed E-state index contributed by atoms with van der Waals surface area (Å²) < 4.78 is 40.3. The van der Waals surface area contributed by atoms with E-state index in [2.05, 4.69) is 21.2 Å². The quantitative estimate of drug-likeness (QED) is 0.410. The van der Waals surface area contributed by atoms with Crippen LogP contribution >= 0.6 is 39.9 Å². The van der Waals surface area contributed by atoms with Gasteiger partial charge < -0.3 is 5.32 Å². The number of thioether (sulfide) groups is 1. The van der Waals surface area contributed by atoms with Crippen LogP contribution in [-0.2, 0) is 15.8 Å². The molecule has 156 valence electrons. The van der Waals surface area contributed by atoms with Crippen molar-refractivity contribution in [2.75, 3.05) is 11.9 Å². The highest BCUT2D eigenvalue weighted by Crippen LogP contribution is 2.35. The Balaban J connectivity index is 1.63. The first-order valence-electron chi connectivity index (χ1n) is 8.62. The summed E-state index contributed by atoms with van der Waals surface area (Å²) in [6.45, 7) is -0.0254. The molecular formula is C20H14BrF3N2O2S2. The smallest absolute Gasteiger partial charge is 0.325 e. The van der Waals surface area contributed by atoms with Gasteiger partial charge in [0.25, 0.3) is 5.91 Å². The molecule has 2 amide bonds. The lowest BCUT2D eigenvalue weighted by atomic mass is 10.1. The molecule has 0 unspecified atom stereocenters. The SMILES string of the molecule is O=C(CCN1C(=O)/C(=C/c2ccc(Br)cc2)SC1=S)Nc1ccccc1C(F)(F)F. The van der Waals surface area contributed by atoms with Gasteiger partial charge in [-0.15, -0.1) is 0 Å². The van der Waals surface area contributed by atoms with Crippen LogP contribution in [0.3, 0.4) is 0 Å². The van der Waals surface area contributed by atoms with E-state index in [0.717, 1.165) is 27.9 Å². The van der Waals surface area contributed by atoms with Gasteiger partial charge in [0, 0.05) is 17.4 Å². The molecule has 30 heavy (non-hydrogen) atoms. The predicted octanol–water partition coefficient (Wildman–Crippen LogP) is 5.70. The van der Waals surface area contributed by atoms with Gasteiger partial charge in [-0.05, 0) is 35.9 Å². The van der Waals surface area contributed by atoms with Gasteiger partial charge in [0.05, 0.1) is 16.2 Å². The topological polar surface area (TPSA) is 49.4 Å². The normalized spacial score (nSPS) is 15.7. The minimum absolute atomic E-state index is 0.0254. The van der Waals surface area contributed by atoms with Crippen molar-refractivity contribution in [2.24, 2.45) is 0 Å². The number of halogens is 4. The number of nitrogens with one attached hydrogen (secondary N) is 1. The summed E-state index contributed by atoms with van der Waals surface area (Å²) in [5.41, 5.74) is -0.433. The summed E-state index contributed by atoms with van der Waals surface area (Å²) in [7, 11) is 0. The highest BCUT2D eigenvalue weighted by molar-refractivity contribution is 9.10. The van der Waals surface area contributed by atoms with E-state index in [1.54, 1.807) is 6.08 Å². The number of hydrogen-bond donors (Lipinski definition) is 1. The maximum Gasteiger partial charge on any atom is 0.418 e. The van der Waals surface area contributed by atoms with Crippen LogP contribution in [-0.4, -0.2) is 27.6 Å². The van der Waals surface area contributed by atoms with Gasteiger partial charge in [-0.1, -0.05) is 64.2 Å². The lowest BCUT2D eigenvalue weighted by molar-refractivity contribution is -0.137. The average molecular weight is 515 g/mol. The number of carbonyl (C=O) groups is 2. The number of hydrogen-bond acceptors (Lipinski definition) is 4. The van der Waals surface area contributed by atoms with E-state index in [9.17, 15) is 22.8 Å². The van der Waals surface area contributed by atoms with Crippen LogP contribution in [0.5, 0.6) is 0 Å². The first-order chi connectivity index (χ1) is 14.1. The molecule has 2 aromatic rings. The minimum atomic E-state index is -4.58. The number of benzene rings is 2. The van der Waals surface area contributed by atoms with Crippen LogP contribution in [0.25, 0.3) is 6.08 Å². The Morgan fingerprint density at radius 3 is 2.50 bits per heavy atom. The largest absolute Gasteiger partial charge is 0.418 e. The number of rotatable bonds is 5. The van der Waals surface area contributed by atoms with E-state index in [1.165, 1.54) is 23.1 Å². The summed E-state index contributed by atoms with van der Waals surface area (Å²) in [5.74, 6) is -0.978. The monoisotopic (exact) mass is 514 g/mol. The molecule has 0 atom stereocenters. The number of alkyl halides is 3. The van der Waals surface area contributed by atoms with Crippen molar-refractivity contribution < 1.29 is 22.8 Å². The summed E-state index contributed by atoms with van der Waals surface area (Å²) >= 11 is 9.68. The predicted molar refractivity (Wildman–Crippen MR) is 119 cm³/mol. The van der Waals surface area contributed by atoms with Crippen molar-refractivity contribution in [1.29, 1.82) is 0 Å². The lowest BCUT2D eigenvalue weighted by Crippen LogP contribution is -2.31. The van der Waals surface area contributed by atoms with Gasteiger partial charge in [0.1, 0.15) is 4.32 Å². The van der Waals surface area contributed by atoms with Crippen LogP contribution in [0.1, 0.15) is 17.5 Å². The van der Waals surface area contributed by atoms with E-state index in [0.29, 0.717) is 9.23 Å². The lowest BCUT2D eigenvalue weighted by Gasteiger charge is -2.16. The number of anilines is 1. The number of amides is 2. The third-order valence-electron chi connectivity index (χ3n) is 4.11. The average Bonchev–Trinajstić information content (AvgIpc) is 2.94. The Bertz CT molecular complexity index is 1020. The van der Waals surface area contributed by atoms with Crippen LogP contribution in [0.4, 0.5) is 18.9 Å². The zero-order valence-corrected chi connectivity index (χ0v) is 18.4. The van der Waals surface area contributed by atoms with Crippen molar-refractivity contribution >= 4 is 67.8 Å². The number of para-hydroxylation sites is 1. The second-order valence-electron chi connectivity index (χ2n) is 6.23. The first-order valence-corrected chi connectivity index (χ1v) is 10.6. The Kier molecular flexibility index (Phi) is 6.99. The van der Waals surface area contributed by atoms with Gasteiger partial charge in [0.2, 0.25) is 5.91 Å². The van der Waals surface area contributed by atoms with E-state index in [1.807, 2.05) is 24.3 Å². The van der Waals surface area contributed by atoms with Gasteiger partial charge >= 0.3 is 6.18 Å². The molecular weight excluding hydrogens is 501 g/mol. The minimum Gasteiger partial charge on any atom is -0.325 e. The Morgan fingerprint density at radius 2 is 1.83 bits per heavy atom. The van der Waals surface area contributed by atoms with Crippen LogP contribution in [0.2, 0.25) is 0 Å². The summed E-state index contributed by atoms with van der Waals surface area (Å²) in [5, 5.41) is 2.26. The molecule has 10 heteroatoms. The van der Waals surface area contributed by atoms with E-state index < -0.39 is 17.6 Å². The van der Waals surface area contributed by atoms with Gasteiger partial charge in [-0.25, -0.2) is 0 Å². The standard InChI is InChI=1S/C20H14BrF3N2O2S2/c21-13-7-5-12(6-8-13)11-16-18(28)26(19(29)30-16)10-9-17(27)25-15-4-2-1-3-14(15)20(22,23)24/h1-8,11H,9-10H2,(H,25,27)/b16-11-. The molecule has 0 spiro atoms. The van der Waals surface area contributed by atoms with Gasteiger partial charge in [0.15, 0.2) is 0 Å². The maximum atomic E-state index is 13.0. The molecule has 1 aliphatic heterocycles. The Morgan fingerprint density at radius 1 is 1.17 bits per heavy atom. The Hall–Kier alpha value is -2.17. The zero-order valence-electron chi connectivity index (χ0n) is 15.2. The van der Waals surface area contributed by atoms with Crippen molar-refractivity contribution in [3.63, 3.8) is 0 Å². The molecule has 1 saturated heterocycles. The summed E-state index contributed by atoms with van der Waals surface area (Å²) in [6, 6.07) is 12.1. The number of nitrogens with zero attached hydrogens (tertiary/aromatic N) is 1. The van der Waals surface area contributed by atoms with Crippen molar-refractivity contribution in [1.82, 2.24) is 4.90 Å². The fraction of sp³-hybridized carbons (Fsp3) is 0.150. The van der Waals surface area contributed by atoms with E-state index >= 15 is 0 Å². The van der Waals surface area contributed by atoms with E-state index in [-0.39, 0.29) is 24.6 Å². The highest BCUT2D eigenvalue weighted by Gasteiger charge is 2.34. The zero-order chi connectivity index (χ0) is 21.9.